The van der Waals surface area contributed by atoms with Crippen LogP contribution < -0.4 is 5.32 Å². The smallest absolute Gasteiger partial charge is 0.305 e. The molecule has 6 heteroatoms. The minimum Gasteiger partial charge on any atom is -0.466 e. The second-order valence-corrected chi connectivity index (χ2v) is 18.9. The molecular weight excluding hydrogens is 755 g/mol. The van der Waals surface area contributed by atoms with Crippen molar-refractivity contribution in [2.45, 2.75) is 315 Å². The molecule has 0 radical (unpaired) electrons. The number of aliphatic hydroxyl groups excluding tert-OH is 2. The molecule has 0 aromatic heterocycles. The van der Waals surface area contributed by atoms with E-state index in [9.17, 15) is 19.8 Å². The molecule has 0 aromatic carbocycles. The van der Waals surface area contributed by atoms with Crippen LogP contribution in [-0.2, 0) is 14.3 Å². The van der Waals surface area contributed by atoms with Crippen molar-refractivity contribution in [3.63, 3.8) is 0 Å². The van der Waals surface area contributed by atoms with E-state index in [2.05, 4.69) is 31.3 Å². The van der Waals surface area contributed by atoms with Crippen molar-refractivity contribution in [2.24, 2.45) is 0 Å². The number of hydrogen-bond donors (Lipinski definition) is 3. The number of aliphatic hydroxyl groups is 2. The highest BCUT2D eigenvalue weighted by Gasteiger charge is 2.20. The first kappa shape index (κ1) is 59.6. The average Bonchev–Trinajstić information content (AvgIpc) is 3.26. The molecule has 0 heterocycles. The molecule has 0 aliphatic carbocycles. The number of rotatable bonds is 51. The monoisotopic (exact) mass is 862 g/mol. The van der Waals surface area contributed by atoms with Crippen molar-refractivity contribution in [1.82, 2.24) is 5.32 Å². The summed E-state index contributed by atoms with van der Waals surface area (Å²) in [6, 6.07) is -0.547. The van der Waals surface area contributed by atoms with Crippen molar-refractivity contribution in [3.8, 4) is 0 Å². The van der Waals surface area contributed by atoms with Crippen LogP contribution in [-0.4, -0.2) is 47.4 Å². The summed E-state index contributed by atoms with van der Waals surface area (Å²) in [5, 5.41) is 23.1. The summed E-state index contributed by atoms with van der Waals surface area (Å²) in [6.07, 6.45) is 59.0. The van der Waals surface area contributed by atoms with E-state index in [-0.39, 0.29) is 18.5 Å². The van der Waals surface area contributed by atoms with Crippen LogP contribution in [0.2, 0.25) is 0 Å². The van der Waals surface area contributed by atoms with E-state index < -0.39 is 12.1 Å². The second kappa shape index (κ2) is 51.2. The third kappa shape index (κ3) is 47.9. The lowest BCUT2D eigenvalue weighted by atomic mass is 10.0. The van der Waals surface area contributed by atoms with Gasteiger partial charge in [-0.25, -0.2) is 0 Å². The van der Waals surface area contributed by atoms with Crippen LogP contribution in [0.15, 0.2) is 12.2 Å². The van der Waals surface area contributed by atoms with Gasteiger partial charge in [-0.05, 0) is 51.4 Å². The number of amides is 1. The minimum absolute atomic E-state index is 0.00235. The molecule has 6 nitrogen and oxygen atoms in total. The molecule has 0 bridgehead atoms. The Morgan fingerprint density at radius 2 is 0.770 bits per heavy atom. The Bertz CT molecular complexity index is 909. The fourth-order valence-corrected chi connectivity index (χ4v) is 8.58. The van der Waals surface area contributed by atoms with E-state index in [1.165, 1.54) is 218 Å². The lowest BCUT2D eigenvalue weighted by Crippen LogP contribution is -2.45. The van der Waals surface area contributed by atoms with E-state index in [4.69, 9.17) is 4.74 Å². The molecule has 0 saturated carbocycles. The number of ether oxygens (including phenoxy) is 1. The molecule has 61 heavy (non-hydrogen) atoms. The number of allylic oxidation sites excluding steroid dienone is 2. The Morgan fingerprint density at radius 3 is 1.16 bits per heavy atom. The number of carbonyl (C=O) groups is 2. The summed E-state index contributed by atoms with van der Waals surface area (Å²) < 4.78 is 5.48. The highest BCUT2D eigenvalue weighted by atomic mass is 16.5. The van der Waals surface area contributed by atoms with Gasteiger partial charge in [0.2, 0.25) is 5.91 Å². The fraction of sp³-hybridized carbons (Fsp3) is 0.927. The predicted octanol–water partition coefficient (Wildman–Crippen LogP) is 16.5. The molecule has 362 valence electrons. The molecule has 0 spiro atoms. The van der Waals surface area contributed by atoms with Crippen LogP contribution in [0.1, 0.15) is 303 Å². The van der Waals surface area contributed by atoms with Crippen molar-refractivity contribution < 1.29 is 24.5 Å². The SMILES string of the molecule is CCCCCCCC/C=C\CCCCCCCCCCCC(=O)OCCCCCCCCCCCCCCCCC(=O)NC(CO)C(O)CCCCCCCCCCCCC. The largest absolute Gasteiger partial charge is 0.466 e. The van der Waals surface area contributed by atoms with E-state index >= 15 is 0 Å². The molecule has 3 N–H and O–H groups in total. The molecule has 0 aromatic rings. The fourth-order valence-electron chi connectivity index (χ4n) is 8.58. The Labute approximate surface area is 380 Å². The molecule has 0 rings (SSSR count). The van der Waals surface area contributed by atoms with Gasteiger partial charge in [0.05, 0.1) is 25.4 Å². The molecule has 0 fully saturated rings. The predicted molar refractivity (Wildman–Crippen MR) is 264 cm³/mol. The maximum Gasteiger partial charge on any atom is 0.305 e. The lowest BCUT2D eigenvalue weighted by Gasteiger charge is -2.22. The van der Waals surface area contributed by atoms with Gasteiger partial charge in [0.1, 0.15) is 0 Å². The Hall–Kier alpha value is -1.40. The second-order valence-electron chi connectivity index (χ2n) is 18.9. The van der Waals surface area contributed by atoms with Gasteiger partial charge in [0, 0.05) is 12.8 Å². The number of hydrogen-bond acceptors (Lipinski definition) is 5. The van der Waals surface area contributed by atoms with E-state index in [1.54, 1.807) is 0 Å². The summed E-state index contributed by atoms with van der Waals surface area (Å²) >= 11 is 0. The van der Waals surface area contributed by atoms with Gasteiger partial charge >= 0.3 is 5.97 Å². The first-order valence-corrected chi connectivity index (χ1v) is 27.4. The summed E-state index contributed by atoms with van der Waals surface area (Å²) in [6.45, 7) is 4.93. The number of nitrogens with one attached hydrogen (secondary N) is 1. The zero-order valence-corrected chi connectivity index (χ0v) is 41.2. The molecule has 0 aliphatic rings. The van der Waals surface area contributed by atoms with Gasteiger partial charge in [-0.1, -0.05) is 251 Å². The van der Waals surface area contributed by atoms with E-state index in [0.29, 0.717) is 25.9 Å². The molecular formula is C55H107NO5. The average molecular weight is 862 g/mol. The minimum atomic E-state index is -0.669. The summed E-state index contributed by atoms with van der Waals surface area (Å²) in [7, 11) is 0. The van der Waals surface area contributed by atoms with Crippen molar-refractivity contribution in [2.75, 3.05) is 13.2 Å². The highest BCUT2D eigenvalue weighted by molar-refractivity contribution is 5.76. The quantitative estimate of drug-likeness (QED) is 0.0322. The topological polar surface area (TPSA) is 95.9 Å². The van der Waals surface area contributed by atoms with E-state index in [0.717, 1.165) is 51.4 Å². The van der Waals surface area contributed by atoms with Crippen LogP contribution in [0.5, 0.6) is 0 Å². The molecule has 2 atom stereocenters. The first-order valence-electron chi connectivity index (χ1n) is 27.4. The molecule has 0 saturated heterocycles. The number of unbranched alkanes of at least 4 members (excludes halogenated alkanes) is 38. The van der Waals surface area contributed by atoms with Crippen molar-refractivity contribution >= 4 is 11.9 Å². The van der Waals surface area contributed by atoms with Gasteiger partial charge in [0.15, 0.2) is 0 Å². The zero-order valence-electron chi connectivity index (χ0n) is 41.2. The van der Waals surface area contributed by atoms with Crippen LogP contribution in [0.3, 0.4) is 0 Å². The standard InChI is InChI=1S/C55H107NO5/c1-3-5-7-9-11-13-15-16-17-18-19-20-21-25-29-33-37-41-45-49-55(60)61-50-46-42-38-34-30-26-23-22-24-28-32-36-40-44-48-54(59)56-52(51-57)53(58)47-43-39-35-31-27-14-12-10-8-6-4-2/h16-17,52-53,57-58H,3-15,18-51H2,1-2H3,(H,56,59)/b17-16-. The third-order valence-electron chi connectivity index (χ3n) is 12.8. The van der Waals surface area contributed by atoms with Gasteiger partial charge < -0.3 is 20.3 Å². The summed E-state index contributed by atoms with van der Waals surface area (Å²) in [5.74, 6) is -0.0480. The van der Waals surface area contributed by atoms with Crippen LogP contribution in [0.25, 0.3) is 0 Å². The maximum atomic E-state index is 12.4. The molecule has 1 amide bonds. The maximum absolute atomic E-state index is 12.4. The van der Waals surface area contributed by atoms with E-state index in [1.807, 2.05) is 0 Å². The van der Waals surface area contributed by atoms with Crippen molar-refractivity contribution in [1.29, 1.82) is 0 Å². The summed E-state index contributed by atoms with van der Waals surface area (Å²) in [5.41, 5.74) is 0. The van der Waals surface area contributed by atoms with Crippen molar-refractivity contribution in [3.05, 3.63) is 12.2 Å². The van der Waals surface area contributed by atoms with Gasteiger partial charge in [-0.2, -0.15) is 0 Å². The van der Waals surface area contributed by atoms with Gasteiger partial charge in [-0.3, -0.25) is 9.59 Å². The van der Waals surface area contributed by atoms with Crippen LogP contribution in [0.4, 0.5) is 0 Å². The Balaban J connectivity index is 3.40. The van der Waals surface area contributed by atoms with Crippen LogP contribution >= 0.6 is 0 Å². The van der Waals surface area contributed by atoms with Gasteiger partial charge in [-0.15, -0.1) is 0 Å². The number of esters is 1. The first-order chi connectivity index (χ1) is 30.0. The molecule has 2 unspecified atom stereocenters. The summed E-state index contributed by atoms with van der Waals surface area (Å²) in [4.78, 5) is 24.5. The number of carbonyl (C=O) groups excluding carboxylic acids is 2. The Morgan fingerprint density at radius 1 is 0.443 bits per heavy atom. The Kier molecular flexibility index (Phi) is 50.1. The normalized spacial score (nSPS) is 12.7. The zero-order chi connectivity index (χ0) is 44.4. The third-order valence-corrected chi connectivity index (χ3v) is 12.8. The van der Waals surface area contributed by atoms with Gasteiger partial charge in [0.25, 0.3) is 0 Å². The lowest BCUT2D eigenvalue weighted by molar-refractivity contribution is -0.143. The van der Waals surface area contributed by atoms with Crippen LogP contribution in [0, 0.1) is 0 Å². The highest BCUT2D eigenvalue weighted by Crippen LogP contribution is 2.17. The molecule has 0 aliphatic heterocycles.